The van der Waals surface area contributed by atoms with Gasteiger partial charge in [0.05, 0.1) is 11.3 Å². The zero-order valence-corrected chi connectivity index (χ0v) is 12.7. The van der Waals surface area contributed by atoms with Crippen LogP contribution in [0.15, 0.2) is 18.5 Å². The van der Waals surface area contributed by atoms with Crippen molar-refractivity contribution in [3.63, 3.8) is 0 Å². The SMILES string of the molecule is Cc1cc2ncc(C(=O)NC3CCC(=O)N(C)CC3)cn2n1. The van der Waals surface area contributed by atoms with E-state index in [9.17, 15) is 9.59 Å². The van der Waals surface area contributed by atoms with E-state index in [1.165, 1.54) is 0 Å². The van der Waals surface area contributed by atoms with E-state index in [-0.39, 0.29) is 17.9 Å². The minimum Gasteiger partial charge on any atom is -0.349 e. The molecule has 1 N–H and O–H groups in total. The van der Waals surface area contributed by atoms with Gasteiger partial charge in [-0.1, -0.05) is 0 Å². The number of carbonyl (C=O) groups excluding carboxylic acids is 2. The molecule has 0 bridgehead atoms. The molecule has 2 aromatic heterocycles. The maximum Gasteiger partial charge on any atom is 0.254 e. The normalized spacial score (nSPS) is 19.3. The molecule has 0 spiro atoms. The van der Waals surface area contributed by atoms with Gasteiger partial charge < -0.3 is 10.2 Å². The molecule has 7 heteroatoms. The summed E-state index contributed by atoms with van der Waals surface area (Å²) in [6, 6.07) is 1.87. The summed E-state index contributed by atoms with van der Waals surface area (Å²) < 4.78 is 1.61. The van der Waals surface area contributed by atoms with Crippen LogP contribution in [0.3, 0.4) is 0 Å². The van der Waals surface area contributed by atoms with Crippen LogP contribution in [0.2, 0.25) is 0 Å². The first kappa shape index (κ1) is 14.5. The zero-order chi connectivity index (χ0) is 15.7. The van der Waals surface area contributed by atoms with Gasteiger partial charge in [0.2, 0.25) is 5.91 Å². The Hall–Kier alpha value is -2.44. The van der Waals surface area contributed by atoms with Crippen LogP contribution in [0.25, 0.3) is 5.65 Å². The monoisotopic (exact) mass is 301 g/mol. The van der Waals surface area contributed by atoms with E-state index in [1.807, 2.05) is 13.0 Å². The van der Waals surface area contributed by atoms with Crippen LogP contribution in [0.5, 0.6) is 0 Å². The number of aryl methyl sites for hydroxylation is 1. The molecule has 3 heterocycles. The third-order valence-electron chi connectivity index (χ3n) is 3.98. The predicted octanol–water partition coefficient (Wildman–Crippen LogP) is 0.778. The number of hydrogen-bond acceptors (Lipinski definition) is 4. The molecule has 0 aliphatic carbocycles. The van der Waals surface area contributed by atoms with Gasteiger partial charge in [-0.05, 0) is 19.8 Å². The first-order chi connectivity index (χ1) is 10.5. The molecule has 0 saturated carbocycles. The third kappa shape index (κ3) is 2.93. The molecule has 1 aliphatic rings. The number of nitrogens with one attached hydrogen (secondary N) is 1. The Morgan fingerprint density at radius 1 is 1.41 bits per heavy atom. The lowest BCUT2D eigenvalue weighted by atomic mass is 10.1. The molecule has 3 rings (SSSR count). The second-order valence-electron chi connectivity index (χ2n) is 5.74. The fourth-order valence-electron chi connectivity index (χ4n) is 2.63. The molecule has 116 valence electrons. The molecule has 2 aromatic rings. The highest BCUT2D eigenvalue weighted by molar-refractivity contribution is 5.94. The first-order valence-corrected chi connectivity index (χ1v) is 7.40. The second-order valence-corrected chi connectivity index (χ2v) is 5.74. The largest absolute Gasteiger partial charge is 0.349 e. The molecule has 1 fully saturated rings. The Morgan fingerprint density at radius 3 is 3.05 bits per heavy atom. The minimum absolute atomic E-state index is 0.0106. The number of rotatable bonds is 2. The topological polar surface area (TPSA) is 79.6 Å². The molecular formula is C15H19N5O2. The number of aromatic nitrogens is 3. The van der Waals surface area contributed by atoms with Gasteiger partial charge in [-0.25, -0.2) is 9.50 Å². The van der Waals surface area contributed by atoms with Gasteiger partial charge in [-0.15, -0.1) is 0 Å². The molecule has 2 amide bonds. The number of fused-ring (bicyclic) bond motifs is 1. The molecule has 0 radical (unpaired) electrons. The van der Waals surface area contributed by atoms with Crippen molar-refractivity contribution in [2.24, 2.45) is 0 Å². The van der Waals surface area contributed by atoms with Crippen molar-refractivity contribution in [1.82, 2.24) is 24.8 Å². The van der Waals surface area contributed by atoms with E-state index < -0.39 is 0 Å². The van der Waals surface area contributed by atoms with Crippen molar-refractivity contribution in [3.8, 4) is 0 Å². The Balaban J connectivity index is 1.71. The van der Waals surface area contributed by atoms with E-state index >= 15 is 0 Å². The smallest absolute Gasteiger partial charge is 0.254 e. The van der Waals surface area contributed by atoms with Gasteiger partial charge in [0.25, 0.3) is 5.91 Å². The molecule has 22 heavy (non-hydrogen) atoms. The van der Waals surface area contributed by atoms with Crippen LogP contribution in [-0.4, -0.2) is 50.9 Å². The van der Waals surface area contributed by atoms with E-state index in [1.54, 1.807) is 28.9 Å². The number of amides is 2. The second kappa shape index (κ2) is 5.75. The van der Waals surface area contributed by atoms with Crippen molar-refractivity contribution in [2.45, 2.75) is 32.2 Å². The van der Waals surface area contributed by atoms with Gasteiger partial charge in [-0.3, -0.25) is 9.59 Å². The van der Waals surface area contributed by atoms with Crippen LogP contribution >= 0.6 is 0 Å². The molecular weight excluding hydrogens is 282 g/mol. The van der Waals surface area contributed by atoms with Gasteiger partial charge in [0, 0.05) is 44.5 Å². The zero-order valence-electron chi connectivity index (χ0n) is 12.7. The van der Waals surface area contributed by atoms with Crippen LogP contribution in [0.4, 0.5) is 0 Å². The maximum absolute atomic E-state index is 12.3. The average Bonchev–Trinajstić information content (AvgIpc) is 2.80. The summed E-state index contributed by atoms with van der Waals surface area (Å²) in [7, 11) is 1.80. The standard InChI is InChI=1S/C15H19N5O2/c1-10-7-13-16-8-11(9-20(13)18-10)15(22)17-12-3-4-14(21)19(2)6-5-12/h7-9,12H,3-6H2,1-2H3,(H,17,22). The quantitative estimate of drug-likeness (QED) is 0.889. The van der Waals surface area contributed by atoms with Crippen molar-refractivity contribution < 1.29 is 9.59 Å². The number of likely N-dealkylation sites (tertiary alicyclic amines) is 1. The summed E-state index contributed by atoms with van der Waals surface area (Å²) in [6.07, 6.45) is 5.14. The first-order valence-electron chi connectivity index (χ1n) is 7.40. The van der Waals surface area contributed by atoms with Crippen LogP contribution < -0.4 is 5.32 Å². The average molecular weight is 301 g/mol. The van der Waals surface area contributed by atoms with Crippen molar-refractivity contribution >= 4 is 17.5 Å². The van der Waals surface area contributed by atoms with Gasteiger partial charge in [0.15, 0.2) is 5.65 Å². The number of nitrogens with zero attached hydrogens (tertiary/aromatic N) is 4. The molecule has 7 nitrogen and oxygen atoms in total. The Morgan fingerprint density at radius 2 is 2.23 bits per heavy atom. The molecule has 1 atom stereocenters. The lowest BCUT2D eigenvalue weighted by molar-refractivity contribution is -0.129. The van der Waals surface area contributed by atoms with Crippen molar-refractivity contribution in [2.75, 3.05) is 13.6 Å². The molecule has 1 unspecified atom stereocenters. The molecule has 0 aromatic carbocycles. The summed E-state index contributed by atoms with van der Waals surface area (Å²) >= 11 is 0. The molecule has 1 saturated heterocycles. The van der Waals surface area contributed by atoms with Crippen molar-refractivity contribution in [3.05, 3.63) is 29.7 Å². The highest BCUT2D eigenvalue weighted by atomic mass is 16.2. The van der Waals surface area contributed by atoms with E-state index in [4.69, 9.17) is 0 Å². The van der Waals surface area contributed by atoms with Crippen LogP contribution in [0.1, 0.15) is 35.3 Å². The minimum atomic E-state index is -0.176. The van der Waals surface area contributed by atoms with Crippen LogP contribution in [0, 0.1) is 6.92 Å². The fourth-order valence-corrected chi connectivity index (χ4v) is 2.63. The molecule has 1 aliphatic heterocycles. The van der Waals surface area contributed by atoms with E-state index in [2.05, 4.69) is 15.4 Å². The predicted molar refractivity (Wildman–Crippen MR) is 80.5 cm³/mol. The lowest BCUT2D eigenvalue weighted by Gasteiger charge is -2.16. The highest BCUT2D eigenvalue weighted by Crippen LogP contribution is 2.12. The lowest BCUT2D eigenvalue weighted by Crippen LogP contribution is -2.35. The fraction of sp³-hybridized carbons (Fsp3) is 0.467. The van der Waals surface area contributed by atoms with Gasteiger partial charge in [-0.2, -0.15) is 5.10 Å². The Labute approximate surface area is 128 Å². The summed E-state index contributed by atoms with van der Waals surface area (Å²) in [4.78, 5) is 30.0. The van der Waals surface area contributed by atoms with Crippen molar-refractivity contribution in [1.29, 1.82) is 0 Å². The number of carbonyl (C=O) groups is 2. The third-order valence-corrected chi connectivity index (χ3v) is 3.98. The Kier molecular flexibility index (Phi) is 3.79. The van der Waals surface area contributed by atoms with Crippen LogP contribution in [-0.2, 0) is 4.79 Å². The van der Waals surface area contributed by atoms with Gasteiger partial charge in [0.1, 0.15) is 0 Å². The summed E-state index contributed by atoms with van der Waals surface area (Å²) in [5.41, 5.74) is 2.05. The highest BCUT2D eigenvalue weighted by Gasteiger charge is 2.21. The summed E-state index contributed by atoms with van der Waals surface area (Å²) in [6.45, 7) is 2.55. The van der Waals surface area contributed by atoms with Gasteiger partial charge >= 0.3 is 0 Å². The van der Waals surface area contributed by atoms with E-state index in [0.29, 0.717) is 24.9 Å². The summed E-state index contributed by atoms with van der Waals surface area (Å²) in [5.74, 6) is -0.0450. The number of hydrogen-bond donors (Lipinski definition) is 1. The summed E-state index contributed by atoms with van der Waals surface area (Å²) in [5, 5.41) is 7.25. The van der Waals surface area contributed by atoms with E-state index in [0.717, 1.165) is 17.8 Å². The Bertz CT molecular complexity index is 724. The maximum atomic E-state index is 12.3.